The number of carboxylic acid groups (broad SMARTS) is 1. The number of carbonyl (C=O) groups excluding carboxylic acids is 1. The minimum atomic E-state index is -1.06. The van der Waals surface area contributed by atoms with Crippen molar-refractivity contribution in [1.29, 1.82) is 0 Å². The van der Waals surface area contributed by atoms with Crippen molar-refractivity contribution in [3.8, 4) is 0 Å². The van der Waals surface area contributed by atoms with Gasteiger partial charge in [-0.15, -0.1) is 0 Å². The van der Waals surface area contributed by atoms with Crippen LogP contribution in [-0.4, -0.2) is 34.6 Å². The lowest BCUT2D eigenvalue weighted by Gasteiger charge is -2.18. The Labute approximate surface area is 105 Å². The summed E-state index contributed by atoms with van der Waals surface area (Å²) in [5.41, 5.74) is 1.01. The van der Waals surface area contributed by atoms with Gasteiger partial charge in [0.05, 0.1) is 0 Å². The number of hydrogen-bond donors (Lipinski definition) is 3. The Morgan fingerprint density at radius 1 is 1.39 bits per heavy atom. The fourth-order valence-electron chi connectivity index (χ4n) is 1.51. The minimum absolute atomic E-state index is 0.0105. The number of amides is 1. The Kier molecular flexibility index (Phi) is 5.26. The molecule has 0 saturated heterocycles. The molecule has 1 amide bonds. The van der Waals surface area contributed by atoms with Crippen LogP contribution in [0.25, 0.3) is 0 Å². The molecule has 6 heteroatoms. The quantitative estimate of drug-likeness (QED) is 0.677. The van der Waals surface area contributed by atoms with E-state index in [2.05, 4.69) is 15.6 Å². The van der Waals surface area contributed by atoms with E-state index in [0.29, 0.717) is 0 Å². The van der Waals surface area contributed by atoms with Gasteiger partial charge in [-0.25, -0.2) is 4.79 Å². The van der Waals surface area contributed by atoms with E-state index in [-0.39, 0.29) is 18.5 Å². The molecule has 1 aromatic heterocycles. The fraction of sp³-hybridized carbons (Fsp3) is 0.417. The Hall–Kier alpha value is -1.95. The zero-order valence-electron chi connectivity index (χ0n) is 10.4. The van der Waals surface area contributed by atoms with E-state index in [9.17, 15) is 9.59 Å². The Morgan fingerprint density at radius 2 is 2.00 bits per heavy atom. The van der Waals surface area contributed by atoms with Crippen molar-refractivity contribution in [2.24, 2.45) is 0 Å². The molecule has 1 rings (SSSR count). The molecule has 0 aliphatic heterocycles. The number of nitrogens with one attached hydrogen (secondary N) is 2. The molecular weight excluding hydrogens is 234 g/mol. The first kappa shape index (κ1) is 14.1. The number of aromatic nitrogens is 1. The zero-order chi connectivity index (χ0) is 13.5. The van der Waals surface area contributed by atoms with Crippen LogP contribution in [-0.2, 0) is 9.59 Å². The second-order valence-electron chi connectivity index (χ2n) is 4.00. The molecule has 0 aliphatic carbocycles. The van der Waals surface area contributed by atoms with Gasteiger partial charge in [0.1, 0.15) is 6.04 Å². The molecule has 6 nitrogen and oxygen atoms in total. The molecule has 0 spiro atoms. The summed E-state index contributed by atoms with van der Waals surface area (Å²) in [7, 11) is 0. The van der Waals surface area contributed by atoms with Gasteiger partial charge in [0.25, 0.3) is 0 Å². The first-order chi connectivity index (χ1) is 8.50. The van der Waals surface area contributed by atoms with E-state index in [4.69, 9.17) is 5.11 Å². The standard InChI is InChI=1S/C12H17N3O3/c1-8(10-3-5-13-6-4-10)14-7-11(12(17)18)15-9(2)16/h3-6,8,11,14H,7H2,1-2H3,(H,15,16)(H,17,18)/t8-,11?/m1/s1. The molecule has 0 fully saturated rings. The molecule has 18 heavy (non-hydrogen) atoms. The summed E-state index contributed by atoms with van der Waals surface area (Å²) < 4.78 is 0. The lowest BCUT2D eigenvalue weighted by Crippen LogP contribution is -2.46. The molecule has 0 bridgehead atoms. The largest absolute Gasteiger partial charge is 0.480 e. The Morgan fingerprint density at radius 3 is 2.50 bits per heavy atom. The van der Waals surface area contributed by atoms with Crippen molar-refractivity contribution >= 4 is 11.9 Å². The zero-order valence-corrected chi connectivity index (χ0v) is 10.4. The average Bonchev–Trinajstić information content (AvgIpc) is 2.34. The molecule has 2 atom stereocenters. The van der Waals surface area contributed by atoms with Crippen LogP contribution in [0.3, 0.4) is 0 Å². The minimum Gasteiger partial charge on any atom is -0.480 e. The van der Waals surface area contributed by atoms with Crippen molar-refractivity contribution < 1.29 is 14.7 Å². The molecule has 0 radical (unpaired) electrons. The second kappa shape index (κ2) is 6.70. The van der Waals surface area contributed by atoms with Gasteiger partial charge in [0.2, 0.25) is 5.91 Å². The smallest absolute Gasteiger partial charge is 0.327 e. The summed E-state index contributed by atoms with van der Waals surface area (Å²) in [5, 5.41) is 14.4. The topological polar surface area (TPSA) is 91.3 Å². The number of carboxylic acids is 1. The maximum atomic E-state index is 10.9. The molecule has 1 aromatic rings. The van der Waals surface area contributed by atoms with Crippen LogP contribution >= 0.6 is 0 Å². The van der Waals surface area contributed by atoms with Gasteiger partial charge >= 0.3 is 5.97 Å². The highest BCUT2D eigenvalue weighted by molar-refractivity contribution is 5.82. The third kappa shape index (κ3) is 4.50. The van der Waals surface area contributed by atoms with Crippen LogP contribution in [0.5, 0.6) is 0 Å². The van der Waals surface area contributed by atoms with Crippen molar-refractivity contribution in [2.45, 2.75) is 25.9 Å². The summed E-state index contributed by atoms with van der Waals surface area (Å²) in [5.74, 6) is -1.42. The summed E-state index contributed by atoms with van der Waals surface area (Å²) in [6, 6.07) is 2.77. The van der Waals surface area contributed by atoms with E-state index in [1.54, 1.807) is 12.4 Å². The summed E-state index contributed by atoms with van der Waals surface area (Å²) in [4.78, 5) is 25.7. The number of aliphatic carboxylic acids is 1. The number of pyridine rings is 1. The van der Waals surface area contributed by atoms with E-state index in [1.165, 1.54) is 6.92 Å². The van der Waals surface area contributed by atoms with Crippen LogP contribution in [0, 0.1) is 0 Å². The van der Waals surface area contributed by atoms with E-state index in [0.717, 1.165) is 5.56 Å². The maximum Gasteiger partial charge on any atom is 0.327 e. The van der Waals surface area contributed by atoms with Crippen LogP contribution in [0.2, 0.25) is 0 Å². The van der Waals surface area contributed by atoms with Gasteiger partial charge in [-0.1, -0.05) is 0 Å². The predicted octanol–water partition coefficient (Wildman–Crippen LogP) is 0.321. The van der Waals surface area contributed by atoms with Gasteiger partial charge in [0, 0.05) is 31.9 Å². The first-order valence-electron chi connectivity index (χ1n) is 5.64. The van der Waals surface area contributed by atoms with Crippen LogP contribution in [0.15, 0.2) is 24.5 Å². The first-order valence-corrected chi connectivity index (χ1v) is 5.64. The summed E-state index contributed by atoms with van der Waals surface area (Å²) in [6.07, 6.45) is 3.35. The fourth-order valence-corrected chi connectivity index (χ4v) is 1.51. The van der Waals surface area contributed by atoms with Gasteiger partial charge in [-0.2, -0.15) is 0 Å². The second-order valence-corrected chi connectivity index (χ2v) is 4.00. The van der Waals surface area contributed by atoms with Crippen molar-refractivity contribution in [1.82, 2.24) is 15.6 Å². The number of rotatable bonds is 6. The van der Waals surface area contributed by atoms with E-state index in [1.807, 2.05) is 19.1 Å². The van der Waals surface area contributed by atoms with Gasteiger partial charge in [0.15, 0.2) is 0 Å². The van der Waals surface area contributed by atoms with Crippen molar-refractivity contribution in [3.05, 3.63) is 30.1 Å². The van der Waals surface area contributed by atoms with Crippen LogP contribution < -0.4 is 10.6 Å². The molecule has 0 aliphatic rings. The van der Waals surface area contributed by atoms with E-state index >= 15 is 0 Å². The molecule has 0 aromatic carbocycles. The monoisotopic (exact) mass is 251 g/mol. The molecule has 1 unspecified atom stereocenters. The SMILES string of the molecule is CC(=O)NC(CN[C@H](C)c1ccncc1)C(=O)O. The summed E-state index contributed by atoms with van der Waals surface area (Å²) in [6.45, 7) is 3.38. The molecule has 0 saturated carbocycles. The highest BCUT2D eigenvalue weighted by Crippen LogP contribution is 2.09. The molecule has 98 valence electrons. The molecule has 1 heterocycles. The van der Waals surface area contributed by atoms with Gasteiger partial charge in [-0.3, -0.25) is 9.78 Å². The lowest BCUT2D eigenvalue weighted by molar-refractivity contribution is -0.141. The summed E-state index contributed by atoms with van der Waals surface area (Å²) >= 11 is 0. The highest BCUT2D eigenvalue weighted by Gasteiger charge is 2.18. The predicted molar refractivity (Wildman–Crippen MR) is 65.9 cm³/mol. The normalized spacial score (nSPS) is 13.7. The van der Waals surface area contributed by atoms with Gasteiger partial charge < -0.3 is 15.7 Å². The lowest BCUT2D eigenvalue weighted by atomic mass is 10.1. The molecular formula is C12H17N3O3. The van der Waals surface area contributed by atoms with Crippen molar-refractivity contribution in [3.63, 3.8) is 0 Å². The van der Waals surface area contributed by atoms with E-state index < -0.39 is 12.0 Å². The third-order valence-electron chi connectivity index (χ3n) is 2.51. The number of carbonyl (C=O) groups is 2. The average molecular weight is 251 g/mol. The third-order valence-corrected chi connectivity index (χ3v) is 2.51. The maximum absolute atomic E-state index is 10.9. The Balaban J connectivity index is 2.52. The van der Waals surface area contributed by atoms with Gasteiger partial charge in [-0.05, 0) is 24.6 Å². The Bertz CT molecular complexity index is 408. The number of nitrogens with zero attached hydrogens (tertiary/aromatic N) is 1. The van der Waals surface area contributed by atoms with Crippen molar-refractivity contribution in [2.75, 3.05) is 6.54 Å². The van der Waals surface area contributed by atoms with Crippen LogP contribution in [0.4, 0.5) is 0 Å². The van der Waals surface area contributed by atoms with Crippen LogP contribution in [0.1, 0.15) is 25.5 Å². The number of hydrogen-bond acceptors (Lipinski definition) is 4. The molecule has 3 N–H and O–H groups in total. The highest BCUT2D eigenvalue weighted by atomic mass is 16.4.